The number of rotatable bonds is 3. The predicted octanol–water partition coefficient (Wildman–Crippen LogP) is -0.653. The molecule has 16 heavy (non-hydrogen) atoms. The molecule has 0 aliphatic carbocycles. The number of nitrogens with zero attached hydrogens (tertiary/aromatic N) is 1. The SMILES string of the molecule is CCC1(O)CN(C(=O)C2CC(OC)CN2)C1. The number of likely N-dealkylation sites (tertiary alicyclic amines) is 1. The zero-order valence-electron chi connectivity index (χ0n) is 9.90. The summed E-state index contributed by atoms with van der Waals surface area (Å²) >= 11 is 0. The number of ether oxygens (including phenoxy) is 1. The van der Waals surface area contributed by atoms with Gasteiger partial charge in [0.2, 0.25) is 5.91 Å². The van der Waals surface area contributed by atoms with E-state index in [1.165, 1.54) is 0 Å². The number of carbonyl (C=O) groups is 1. The van der Waals surface area contributed by atoms with Crippen LogP contribution < -0.4 is 5.32 Å². The molecular weight excluding hydrogens is 208 g/mol. The largest absolute Gasteiger partial charge is 0.386 e. The molecular formula is C11H20N2O3. The highest BCUT2D eigenvalue weighted by Crippen LogP contribution is 2.25. The summed E-state index contributed by atoms with van der Waals surface area (Å²) in [5, 5.41) is 13.0. The maximum Gasteiger partial charge on any atom is 0.240 e. The molecule has 2 aliphatic rings. The van der Waals surface area contributed by atoms with E-state index >= 15 is 0 Å². The lowest BCUT2D eigenvalue weighted by atomic mass is 9.90. The topological polar surface area (TPSA) is 61.8 Å². The Hall–Kier alpha value is -0.650. The van der Waals surface area contributed by atoms with Gasteiger partial charge in [-0.1, -0.05) is 6.92 Å². The summed E-state index contributed by atoms with van der Waals surface area (Å²) in [7, 11) is 1.67. The molecule has 2 fully saturated rings. The van der Waals surface area contributed by atoms with Crippen LogP contribution in [0, 0.1) is 0 Å². The van der Waals surface area contributed by atoms with Gasteiger partial charge in [0.1, 0.15) is 0 Å². The molecule has 2 rings (SSSR count). The molecule has 2 unspecified atom stereocenters. The molecule has 2 saturated heterocycles. The summed E-state index contributed by atoms with van der Waals surface area (Å²) in [6.07, 6.45) is 1.58. The summed E-state index contributed by atoms with van der Waals surface area (Å²) in [5.41, 5.74) is -0.644. The van der Waals surface area contributed by atoms with Gasteiger partial charge in [0.15, 0.2) is 0 Å². The van der Waals surface area contributed by atoms with Crippen molar-refractivity contribution in [1.29, 1.82) is 0 Å². The lowest BCUT2D eigenvalue weighted by molar-refractivity contribution is -0.157. The van der Waals surface area contributed by atoms with Crippen molar-refractivity contribution >= 4 is 5.91 Å². The van der Waals surface area contributed by atoms with Crippen molar-refractivity contribution in [2.45, 2.75) is 37.5 Å². The summed E-state index contributed by atoms with van der Waals surface area (Å²) in [6, 6.07) is -0.133. The van der Waals surface area contributed by atoms with Gasteiger partial charge >= 0.3 is 0 Å². The van der Waals surface area contributed by atoms with Gasteiger partial charge in [-0.25, -0.2) is 0 Å². The van der Waals surface area contributed by atoms with Crippen LogP contribution in [0.25, 0.3) is 0 Å². The van der Waals surface area contributed by atoms with Crippen molar-refractivity contribution in [1.82, 2.24) is 10.2 Å². The summed E-state index contributed by atoms with van der Waals surface area (Å²) < 4.78 is 5.20. The lowest BCUT2D eigenvalue weighted by Gasteiger charge is -2.46. The number of nitrogens with one attached hydrogen (secondary N) is 1. The van der Waals surface area contributed by atoms with Gasteiger partial charge in [-0.05, 0) is 12.8 Å². The standard InChI is InChI=1S/C11H20N2O3/c1-3-11(15)6-13(7-11)10(14)9-4-8(16-2)5-12-9/h8-9,12,15H,3-7H2,1-2H3. The number of carbonyl (C=O) groups excluding carboxylic acids is 1. The first-order valence-corrected chi connectivity index (χ1v) is 5.85. The average molecular weight is 228 g/mol. The Morgan fingerprint density at radius 3 is 2.81 bits per heavy atom. The molecule has 2 atom stereocenters. The molecule has 0 radical (unpaired) electrons. The van der Waals surface area contributed by atoms with Gasteiger partial charge in [-0.15, -0.1) is 0 Å². The van der Waals surface area contributed by atoms with Gasteiger partial charge in [0, 0.05) is 13.7 Å². The van der Waals surface area contributed by atoms with Crippen LogP contribution in [0.4, 0.5) is 0 Å². The molecule has 5 nitrogen and oxygen atoms in total. The van der Waals surface area contributed by atoms with Crippen LogP contribution in [-0.2, 0) is 9.53 Å². The molecule has 0 bridgehead atoms. The Morgan fingerprint density at radius 2 is 2.31 bits per heavy atom. The number of methoxy groups -OCH3 is 1. The van der Waals surface area contributed by atoms with Gasteiger partial charge < -0.3 is 20.1 Å². The number of hydrogen-bond acceptors (Lipinski definition) is 4. The molecule has 92 valence electrons. The van der Waals surface area contributed by atoms with E-state index in [1.807, 2.05) is 6.92 Å². The first kappa shape index (κ1) is 11.8. The second kappa shape index (κ2) is 4.31. The smallest absolute Gasteiger partial charge is 0.240 e. The molecule has 2 N–H and O–H groups in total. The third-order valence-electron chi connectivity index (χ3n) is 3.66. The molecule has 5 heteroatoms. The van der Waals surface area contributed by atoms with E-state index in [9.17, 15) is 9.90 Å². The van der Waals surface area contributed by atoms with Gasteiger partial charge in [-0.2, -0.15) is 0 Å². The number of β-amino-alcohol motifs (C(OH)–C–C–N with tert-alkyl or cyclic N) is 1. The maximum absolute atomic E-state index is 12.0. The number of hydrogen-bond donors (Lipinski definition) is 2. The molecule has 0 saturated carbocycles. The van der Waals surface area contributed by atoms with Crippen LogP contribution in [0.1, 0.15) is 19.8 Å². The van der Waals surface area contributed by atoms with Crippen molar-refractivity contribution < 1.29 is 14.6 Å². The number of aliphatic hydroxyl groups is 1. The van der Waals surface area contributed by atoms with E-state index in [4.69, 9.17) is 4.74 Å². The molecule has 0 aromatic heterocycles. The molecule has 0 spiro atoms. The van der Waals surface area contributed by atoms with Crippen LogP contribution in [-0.4, -0.2) is 60.4 Å². The predicted molar refractivity (Wildman–Crippen MR) is 59.0 cm³/mol. The Morgan fingerprint density at radius 1 is 1.62 bits per heavy atom. The van der Waals surface area contributed by atoms with E-state index in [2.05, 4.69) is 5.32 Å². The molecule has 1 amide bonds. The van der Waals surface area contributed by atoms with Crippen LogP contribution >= 0.6 is 0 Å². The number of amides is 1. The molecule has 2 aliphatic heterocycles. The highest BCUT2D eigenvalue weighted by molar-refractivity contribution is 5.83. The van der Waals surface area contributed by atoms with E-state index in [0.717, 1.165) is 13.0 Å². The molecule has 2 heterocycles. The van der Waals surface area contributed by atoms with Crippen molar-refractivity contribution in [2.75, 3.05) is 26.7 Å². The van der Waals surface area contributed by atoms with Crippen LogP contribution in [0.5, 0.6) is 0 Å². The average Bonchev–Trinajstić information content (AvgIpc) is 2.72. The van der Waals surface area contributed by atoms with Crippen LogP contribution in [0.3, 0.4) is 0 Å². The minimum absolute atomic E-state index is 0.0951. The summed E-state index contributed by atoms with van der Waals surface area (Å²) in [5.74, 6) is 0.0951. The zero-order valence-corrected chi connectivity index (χ0v) is 9.90. The van der Waals surface area contributed by atoms with Gasteiger partial charge in [0.05, 0.1) is 30.8 Å². The quantitative estimate of drug-likeness (QED) is 0.673. The second-order valence-electron chi connectivity index (χ2n) is 4.83. The van der Waals surface area contributed by atoms with Crippen molar-refractivity contribution in [2.24, 2.45) is 0 Å². The monoisotopic (exact) mass is 228 g/mol. The zero-order chi connectivity index (χ0) is 11.8. The van der Waals surface area contributed by atoms with Crippen LogP contribution in [0.2, 0.25) is 0 Å². The van der Waals surface area contributed by atoms with E-state index in [0.29, 0.717) is 19.5 Å². The highest BCUT2D eigenvalue weighted by atomic mass is 16.5. The highest BCUT2D eigenvalue weighted by Gasteiger charge is 2.44. The summed E-state index contributed by atoms with van der Waals surface area (Å²) in [4.78, 5) is 13.7. The molecule has 0 aromatic rings. The lowest BCUT2D eigenvalue weighted by Crippen LogP contribution is -2.65. The minimum atomic E-state index is -0.644. The first-order chi connectivity index (χ1) is 7.58. The Labute approximate surface area is 95.8 Å². The van der Waals surface area contributed by atoms with Gasteiger partial charge in [0.25, 0.3) is 0 Å². The Balaban J connectivity index is 1.82. The Bertz CT molecular complexity index is 276. The van der Waals surface area contributed by atoms with Gasteiger partial charge in [-0.3, -0.25) is 4.79 Å². The fourth-order valence-electron chi connectivity index (χ4n) is 2.34. The third-order valence-corrected chi connectivity index (χ3v) is 3.66. The summed E-state index contributed by atoms with van der Waals surface area (Å²) in [6.45, 7) is 3.62. The Kier molecular flexibility index (Phi) is 3.19. The first-order valence-electron chi connectivity index (χ1n) is 5.85. The maximum atomic E-state index is 12.0. The third kappa shape index (κ3) is 2.07. The van der Waals surface area contributed by atoms with E-state index < -0.39 is 5.60 Å². The fourth-order valence-corrected chi connectivity index (χ4v) is 2.34. The molecule has 0 aromatic carbocycles. The normalized spacial score (nSPS) is 32.6. The fraction of sp³-hybridized carbons (Fsp3) is 0.909. The van der Waals surface area contributed by atoms with Crippen LogP contribution in [0.15, 0.2) is 0 Å². The minimum Gasteiger partial charge on any atom is -0.386 e. The van der Waals surface area contributed by atoms with Crippen molar-refractivity contribution in [3.05, 3.63) is 0 Å². The van der Waals surface area contributed by atoms with Crippen molar-refractivity contribution in [3.8, 4) is 0 Å². The second-order valence-corrected chi connectivity index (χ2v) is 4.83. The van der Waals surface area contributed by atoms with E-state index in [1.54, 1.807) is 12.0 Å². The van der Waals surface area contributed by atoms with Crippen molar-refractivity contribution in [3.63, 3.8) is 0 Å². The van der Waals surface area contributed by atoms with E-state index in [-0.39, 0.29) is 18.1 Å².